The third-order valence-corrected chi connectivity index (χ3v) is 6.33. The average molecular weight is 377 g/mol. The lowest BCUT2D eigenvalue weighted by Gasteiger charge is -2.28. The number of anilines is 2. The Bertz CT molecular complexity index is 740. The summed E-state index contributed by atoms with van der Waals surface area (Å²) in [7, 11) is 0. The number of aryl methyl sites for hydroxylation is 2. The van der Waals surface area contributed by atoms with Crippen LogP contribution in [0.2, 0.25) is 0 Å². The number of hydrogen-bond donors (Lipinski definition) is 1. The van der Waals surface area contributed by atoms with Gasteiger partial charge in [0.15, 0.2) is 4.34 Å². The first-order valence-corrected chi connectivity index (χ1v) is 10.4. The quantitative estimate of drug-likeness (QED) is 0.784. The molecule has 1 N–H and O–H groups in total. The van der Waals surface area contributed by atoms with Gasteiger partial charge in [-0.1, -0.05) is 40.8 Å². The topological polar surface area (TPSA) is 58.1 Å². The number of aromatic nitrogens is 2. The molecule has 2 aromatic rings. The van der Waals surface area contributed by atoms with E-state index in [0.29, 0.717) is 0 Å². The number of carbonyl (C=O) groups is 1. The van der Waals surface area contributed by atoms with Gasteiger partial charge in [0.2, 0.25) is 11.0 Å². The summed E-state index contributed by atoms with van der Waals surface area (Å²) in [6.45, 7) is 7.89. The molecule has 0 bridgehead atoms. The van der Waals surface area contributed by atoms with Crippen LogP contribution in [0.3, 0.4) is 0 Å². The van der Waals surface area contributed by atoms with Gasteiger partial charge in [-0.05, 0) is 51.7 Å². The molecule has 1 fully saturated rings. The normalized spacial score (nSPS) is 15.9. The Balaban J connectivity index is 1.60. The van der Waals surface area contributed by atoms with Gasteiger partial charge in [-0.3, -0.25) is 4.79 Å². The van der Waals surface area contributed by atoms with Crippen molar-refractivity contribution in [2.24, 2.45) is 0 Å². The summed E-state index contributed by atoms with van der Waals surface area (Å²) < 4.78 is 0.824. The van der Waals surface area contributed by atoms with Gasteiger partial charge in [-0.25, -0.2) is 0 Å². The number of thioether (sulfide) groups is 1. The summed E-state index contributed by atoms with van der Waals surface area (Å²) >= 11 is 2.99. The van der Waals surface area contributed by atoms with Crippen molar-refractivity contribution in [1.29, 1.82) is 0 Å². The fourth-order valence-corrected chi connectivity index (χ4v) is 4.94. The lowest BCUT2D eigenvalue weighted by Crippen LogP contribution is -2.40. The molecule has 7 heteroatoms. The molecule has 0 spiro atoms. The first-order valence-electron chi connectivity index (χ1n) is 8.66. The monoisotopic (exact) mass is 376 g/mol. The number of benzene rings is 1. The van der Waals surface area contributed by atoms with Gasteiger partial charge in [-0.2, -0.15) is 0 Å². The number of rotatable bonds is 5. The smallest absolute Gasteiger partial charge is 0.235 e. The van der Waals surface area contributed by atoms with E-state index in [1.54, 1.807) is 0 Å². The highest BCUT2D eigenvalue weighted by molar-refractivity contribution is 8.02. The molecule has 0 radical (unpaired) electrons. The molecule has 1 aliphatic rings. The number of likely N-dealkylation sites (tertiary alicyclic amines) is 1. The van der Waals surface area contributed by atoms with Crippen LogP contribution in [0.1, 0.15) is 37.3 Å². The third kappa shape index (κ3) is 4.73. The minimum absolute atomic E-state index is 0.125. The van der Waals surface area contributed by atoms with Crippen molar-refractivity contribution >= 4 is 39.8 Å². The molecule has 25 heavy (non-hydrogen) atoms. The zero-order chi connectivity index (χ0) is 17.8. The fourth-order valence-electron chi connectivity index (χ4n) is 2.95. The van der Waals surface area contributed by atoms with Gasteiger partial charge in [0.05, 0.1) is 5.25 Å². The second-order valence-electron chi connectivity index (χ2n) is 6.46. The molecule has 1 atom stereocenters. The van der Waals surface area contributed by atoms with E-state index in [1.165, 1.54) is 40.6 Å². The van der Waals surface area contributed by atoms with Crippen LogP contribution in [0.4, 0.5) is 10.8 Å². The minimum Gasteiger partial charge on any atom is -0.342 e. The lowest BCUT2D eigenvalue weighted by atomic mass is 10.1. The molecule has 1 aromatic heterocycles. The van der Waals surface area contributed by atoms with Gasteiger partial charge in [0, 0.05) is 18.8 Å². The highest BCUT2D eigenvalue weighted by atomic mass is 32.2. The Morgan fingerprint density at radius 3 is 2.72 bits per heavy atom. The largest absolute Gasteiger partial charge is 0.342 e. The highest BCUT2D eigenvalue weighted by Crippen LogP contribution is 2.32. The highest BCUT2D eigenvalue weighted by Gasteiger charge is 2.24. The van der Waals surface area contributed by atoms with E-state index < -0.39 is 0 Å². The number of piperidine rings is 1. The van der Waals surface area contributed by atoms with Crippen molar-refractivity contribution in [3.05, 3.63) is 29.3 Å². The summed E-state index contributed by atoms with van der Waals surface area (Å²) in [5, 5.41) is 12.4. The summed E-state index contributed by atoms with van der Waals surface area (Å²) in [4.78, 5) is 14.5. The standard InChI is InChI=1S/C18H24N4OS2/c1-12-7-8-15(13(2)11-12)19-17-20-21-18(25-17)24-14(3)16(23)22-9-5-4-6-10-22/h7-8,11,14H,4-6,9-10H2,1-3H3,(H,19,20)/t14-/m0/s1. The van der Waals surface area contributed by atoms with E-state index in [-0.39, 0.29) is 11.2 Å². The van der Waals surface area contributed by atoms with Crippen LogP contribution in [0.25, 0.3) is 0 Å². The van der Waals surface area contributed by atoms with Gasteiger partial charge in [0.1, 0.15) is 0 Å². The van der Waals surface area contributed by atoms with Crippen LogP contribution >= 0.6 is 23.1 Å². The maximum absolute atomic E-state index is 12.5. The average Bonchev–Trinajstić information content (AvgIpc) is 3.04. The van der Waals surface area contributed by atoms with Gasteiger partial charge < -0.3 is 10.2 Å². The molecule has 3 rings (SSSR count). The Labute approximate surface area is 157 Å². The molecule has 134 valence electrons. The summed E-state index contributed by atoms with van der Waals surface area (Å²) in [5.74, 6) is 0.212. The Kier molecular flexibility index (Phi) is 5.96. The van der Waals surface area contributed by atoms with E-state index in [1.807, 2.05) is 11.8 Å². The number of nitrogens with zero attached hydrogens (tertiary/aromatic N) is 3. The van der Waals surface area contributed by atoms with Crippen LogP contribution in [0.5, 0.6) is 0 Å². The Hall–Kier alpha value is -1.60. The number of nitrogens with one attached hydrogen (secondary N) is 1. The van der Waals surface area contributed by atoms with Crippen LogP contribution in [0, 0.1) is 13.8 Å². The second-order valence-corrected chi connectivity index (χ2v) is 9.03. The maximum Gasteiger partial charge on any atom is 0.235 e. The van der Waals surface area contributed by atoms with Crippen molar-refractivity contribution in [2.45, 2.75) is 49.6 Å². The molecule has 0 aliphatic carbocycles. The molecule has 0 saturated carbocycles. The number of hydrogen-bond acceptors (Lipinski definition) is 6. The van der Waals surface area contributed by atoms with Crippen molar-refractivity contribution in [3.8, 4) is 0 Å². The Morgan fingerprint density at radius 2 is 2.00 bits per heavy atom. The van der Waals surface area contributed by atoms with E-state index >= 15 is 0 Å². The molecular weight excluding hydrogens is 352 g/mol. The van der Waals surface area contributed by atoms with Crippen LogP contribution in [-0.4, -0.2) is 39.3 Å². The molecule has 5 nitrogen and oxygen atoms in total. The number of carbonyl (C=O) groups excluding carboxylic acids is 1. The zero-order valence-corrected chi connectivity index (χ0v) is 16.5. The first kappa shape index (κ1) is 18.2. The molecule has 2 heterocycles. The summed E-state index contributed by atoms with van der Waals surface area (Å²) in [5.41, 5.74) is 3.45. The van der Waals surface area contributed by atoms with E-state index in [4.69, 9.17) is 0 Å². The summed E-state index contributed by atoms with van der Waals surface area (Å²) in [6, 6.07) is 6.27. The van der Waals surface area contributed by atoms with E-state index in [9.17, 15) is 4.79 Å². The van der Waals surface area contributed by atoms with E-state index in [2.05, 4.69) is 47.6 Å². The molecule has 1 aliphatic heterocycles. The van der Waals surface area contributed by atoms with Crippen molar-refractivity contribution in [2.75, 3.05) is 18.4 Å². The number of amides is 1. The minimum atomic E-state index is -0.125. The predicted octanol–water partition coefficient (Wildman–Crippen LogP) is 4.39. The van der Waals surface area contributed by atoms with Crippen molar-refractivity contribution < 1.29 is 4.79 Å². The Morgan fingerprint density at radius 1 is 1.24 bits per heavy atom. The van der Waals surface area contributed by atoms with Crippen molar-refractivity contribution in [3.63, 3.8) is 0 Å². The van der Waals surface area contributed by atoms with Gasteiger partial charge in [-0.15, -0.1) is 10.2 Å². The molecular formula is C18H24N4OS2. The second kappa shape index (κ2) is 8.19. The zero-order valence-electron chi connectivity index (χ0n) is 14.9. The lowest BCUT2D eigenvalue weighted by molar-refractivity contribution is -0.131. The predicted molar refractivity (Wildman–Crippen MR) is 105 cm³/mol. The van der Waals surface area contributed by atoms with Crippen molar-refractivity contribution in [1.82, 2.24) is 15.1 Å². The molecule has 1 saturated heterocycles. The first-order chi connectivity index (χ1) is 12.0. The van der Waals surface area contributed by atoms with Crippen LogP contribution in [0.15, 0.2) is 22.5 Å². The van der Waals surface area contributed by atoms with Gasteiger partial charge in [0.25, 0.3) is 0 Å². The van der Waals surface area contributed by atoms with Crippen LogP contribution < -0.4 is 5.32 Å². The maximum atomic E-state index is 12.5. The van der Waals surface area contributed by atoms with E-state index in [0.717, 1.165) is 41.1 Å². The summed E-state index contributed by atoms with van der Waals surface area (Å²) in [6.07, 6.45) is 3.47. The molecule has 0 unspecified atom stereocenters. The molecule has 1 amide bonds. The van der Waals surface area contributed by atoms with Gasteiger partial charge >= 0.3 is 0 Å². The molecule has 1 aromatic carbocycles. The third-order valence-electron chi connectivity index (χ3n) is 4.32. The SMILES string of the molecule is Cc1ccc(Nc2nnc(S[C@@H](C)C(=O)N3CCCCC3)s2)c(C)c1. The van der Waals surface area contributed by atoms with Crippen LogP contribution in [-0.2, 0) is 4.79 Å². The fraction of sp³-hybridized carbons (Fsp3) is 0.500.